The lowest BCUT2D eigenvalue weighted by atomic mass is 10.2. The van der Waals surface area contributed by atoms with Gasteiger partial charge < -0.3 is 19.7 Å². The van der Waals surface area contributed by atoms with E-state index in [2.05, 4.69) is 20.2 Å². The van der Waals surface area contributed by atoms with Crippen molar-refractivity contribution in [2.24, 2.45) is 0 Å². The number of ether oxygens (including phenoxy) is 2. The van der Waals surface area contributed by atoms with E-state index in [0.29, 0.717) is 18.0 Å². The van der Waals surface area contributed by atoms with E-state index in [9.17, 15) is 4.79 Å². The first-order valence-corrected chi connectivity index (χ1v) is 10.7. The monoisotopic (exact) mass is 400 g/mol. The van der Waals surface area contributed by atoms with Crippen molar-refractivity contribution < 1.29 is 14.3 Å². The minimum absolute atomic E-state index is 0.160. The van der Waals surface area contributed by atoms with Gasteiger partial charge >= 0.3 is 0 Å². The molecule has 0 radical (unpaired) electrons. The molecule has 0 aliphatic carbocycles. The number of amides is 1. The van der Waals surface area contributed by atoms with Gasteiger partial charge in [0.1, 0.15) is 11.9 Å². The highest BCUT2D eigenvalue weighted by atomic mass is 32.2. The molecule has 2 aliphatic heterocycles. The van der Waals surface area contributed by atoms with Crippen LogP contribution in [0.1, 0.15) is 22.3 Å². The number of nitrogens with one attached hydrogen (secondary N) is 1. The Morgan fingerprint density at radius 3 is 2.79 bits per heavy atom. The summed E-state index contributed by atoms with van der Waals surface area (Å²) in [5, 5.41) is 2.91. The molecule has 28 heavy (non-hydrogen) atoms. The zero-order valence-corrected chi connectivity index (χ0v) is 16.5. The first-order valence-electron chi connectivity index (χ1n) is 9.54. The van der Waals surface area contributed by atoms with Crippen LogP contribution in [0.4, 0.5) is 5.82 Å². The normalized spacial score (nSPS) is 19.4. The van der Waals surface area contributed by atoms with E-state index in [1.807, 2.05) is 23.9 Å². The molecular weight excluding hydrogens is 376 g/mol. The number of anilines is 1. The van der Waals surface area contributed by atoms with E-state index in [4.69, 9.17) is 9.47 Å². The molecule has 2 saturated heterocycles. The van der Waals surface area contributed by atoms with Crippen LogP contribution in [-0.2, 0) is 11.3 Å². The Morgan fingerprint density at radius 1 is 1.21 bits per heavy atom. The Balaban J connectivity index is 1.27. The molecule has 1 amide bonds. The third-order valence-electron chi connectivity index (χ3n) is 4.77. The number of hydrogen-bond acceptors (Lipinski definition) is 7. The number of rotatable bonds is 6. The molecule has 0 aromatic carbocycles. The second-order valence-electron chi connectivity index (χ2n) is 6.80. The zero-order chi connectivity index (χ0) is 19.2. The van der Waals surface area contributed by atoms with Crippen LogP contribution in [0.2, 0.25) is 0 Å². The molecule has 0 saturated carbocycles. The van der Waals surface area contributed by atoms with Gasteiger partial charge in [0.05, 0.1) is 18.8 Å². The highest BCUT2D eigenvalue weighted by Gasteiger charge is 2.18. The number of morpholine rings is 1. The molecule has 7 nitrogen and oxygen atoms in total. The third kappa shape index (κ3) is 4.94. The second kappa shape index (κ2) is 9.25. The van der Waals surface area contributed by atoms with Crippen molar-refractivity contribution in [3.63, 3.8) is 0 Å². The lowest BCUT2D eigenvalue weighted by molar-refractivity contribution is 0.0950. The molecule has 2 aromatic heterocycles. The van der Waals surface area contributed by atoms with E-state index in [-0.39, 0.29) is 12.0 Å². The molecule has 0 bridgehead atoms. The van der Waals surface area contributed by atoms with E-state index in [1.54, 1.807) is 24.5 Å². The lowest BCUT2D eigenvalue weighted by Gasteiger charge is -2.27. The summed E-state index contributed by atoms with van der Waals surface area (Å²) in [6.45, 7) is 3.60. The minimum Gasteiger partial charge on any atom is -0.473 e. The van der Waals surface area contributed by atoms with Crippen LogP contribution in [0.5, 0.6) is 5.88 Å². The average Bonchev–Trinajstić information content (AvgIpc) is 3.27. The first kappa shape index (κ1) is 19.0. The van der Waals surface area contributed by atoms with Gasteiger partial charge in [-0.3, -0.25) is 4.79 Å². The summed E-state index contributed by atoms with van der Waals surface area (Å²) in [4.78, 5) is 23.3. The molecule has 1 atom stereocenters. The Morgan fingerprint density at radius 2 is 2.11 bits per heavy atom. The number of nitrogens with zero attached hydrogens (tertiary/aromatic N) is 3. The summed E-state index contributed by atoms with van der Waals surface area (Å²) in [6.07, 6.45) is 4.64. The van der Waals surface area contributed by atoms with E-state index in [1.165, 1.54) is 0 Å². The van der Waals surface area contributed by atoms with Gasteiger partial charge in [-0.25, -0.2) is 9.97 Å². The van der Waals surface area contributed by atoms with Crippen molar-refractivity contribution in [2.75, 3.05) is 42.7 Å². The number of pyridine rings is 2. The smallest absolute Gasteiger partial charge is 0.253 e. The molecule has 4 heterocycles. The number of carbonyl (C=O) groups is 1. The highest BCUT2D eigenvalue weighted by molar-refractivity contribution is 7.99. The Labute approximate surface area is 168 Å². The van der Waals surface area contributed by atoms with Crippen molar-refractivity contribution in [2.45, 2.75) is 19.1 Å². The van der Waals surface area contributed by atoms with Crippen LogP contribution in [0.15, 0.2) is 36.7 Å². The maximum absolute atomic E-state index is 12.4. The van der Waals surface area contributed by atoms with Gasteiger partial charge in [0.2, 0.25) is 5.88 Å². The molecule has 2 aliphatic rings. The molecule has 2 fully saturated rings. The van der Waals surface area contributed by atoms with E-state index >= 15 is 0 Å². The summed E-state index contributed by atoms with van der Waals surface area (Å²) in [6, 6.07) is 7.49. The van der Waals surface area contributed by atoms with Crippen LogP contribution < -0.4 is 15.0 Å². The Bertz CT molecular complexity index is 773. The van der Waals surface area contributed by atoms with Crippen molar-refractivity contribution >= 4 is 23.5 Å². The summed E-state index contributed by atoms with van der Waals surface area (Å²) in [5.74, 6) is 3.49. The van der Waals surface area contributed by atoms with E-state index < -0.39 is 0 Å². The minimum atomic E-state index is -0.160. The van der Waals surface area contributed by atoms with Crippen LogP contribution in [0.3, 0.4) is 0 Å². The van der Waals surface area contributed by atoms with Gasteiger partial charge in [0, 0.05) is 43.8 Å². The van der Waals surface area contributed by atoms with Crippen LogP contribution >= 0.6 is 11.8 Å². The summed E-state index contributed by atoms with van der Waals surface area (Å²) in [7, 11) is 0. The lowest BCUT2D eigenvalue weighted by Crippen LogP contribution is -2.36. The van der Waals surface area contributed by atoms with Gasteiger partial charge in [-0.05, 0) is 29.9 Å². The fraction of sp³-hybridized carbons (Fsp3) is 0.450. The van der Waals surface area contributed by atoms with Gasteiger partial charge in [0.25, 0.3) is 5.91 Å². The van der Waals surface area contributed by atoms with Crippen LogP contribution in [0.25, 0.3) is 0 Å². The highest BCUT2D eigenvalue weighted by Crippen LogP contribution is 2.22. The predicted octanol–water partition coefficient (Wildman–Crippen LogP) is 2.13. The number of aromatic nitrogens is 2. The first-order chi connectivity index (χ1) is 13.8. The Kier molecular flexibility index (Phi) is 6.28. The fourth-order valence-corrected chi connectivity index (χ4v) is 4.24. The van der Waals surface area contributed by atoms with Gasteiger partial charge in [-0.15, -0.1) is 0 Å². The van der Waals surface area contributed by atoms with Crippen LogP contribution in [-0.4, -0.2) is 59.8 Å². The van der Waals surface area contributed by atoms with Crippen LogP contribution in [0, 0.1) is 0 Å². The summed E-state index contributed by atoms with van der Waals surface area (Å²) >= 11 is 1.89. The summed E-state index contributed by atoms with van der Waals surface area (Å²) < 4.78 is 11.2. The Hall–Kier alpha value is -2.32. The molecular formula is C20H24N4O3S. The van der Waals surface area contributed by atoms with E-state index in [0.717, 1.165) is 55.6 Å². The molecule has 148 valence electrons. The van der Waals surface area contributed by atoms with Crippen molar-refractivity contribution in [1.82, 2.24) is 15.3 Å². The quantitative estimate of drug-likeness (QED) is 0.796. The topological polar surface area (TPSA) is 76.6 Å². The van der Waals surface area contributed by atoms with Crippen molar-refractivity contribution in [1.29, 1.82) is 0 Å². The number of hydrogen-bond donors (Lipinski definition) is 1. The third-order valence-corrected chi connectivity index (χ3v) is 5.90. The molecule has 2 aromatic rings. The van der Waals surface area contributed by atoms with Crippen molar-refractivity contribution in [3.8, 4) is 5.88 Å². The largest absolute Gasteiger partial charge is 0.473 e. The molecule has 4 rings (SSSR count). The predicted molar refractivity (Wildman–Crippen MR) is 109 cm³/mol. The average molecular weight is 401 g/mol. The SMILES string of the molecule is O=C(NCc1ccc(N2CCOCC2)nc1)c1ccc(OC2CCSC2)nc1. The maximum atomic E-state index is 12.4. The van der Waals surface area contributed by atoms with Gasteiger partial charge in [-0.1, -0.05) is 6.07 Å². The van der Waals surface area contributed by atoms with Crippen molar-refractivity contribution in [3.05, 3.63) is 47.8 Å². The molecule has 0 spiro atoms. The standard InChI is InChI=1S/C20H24N4O3S/c25-20(16-2-4-19(22-13-16)27-17-5-10-28-14-17)23-12-15-1-3-18(21-11-15)24-6-8-26-9-7-24/h1-4,11,13,17H,5-10,12,14H2,(H,23,25). The van der Waals surface area contributed by atoms with Gasteiger partial charge in [-0.2, -0.15) is 11.8 Å². The number of thioether (sulfide) groups is 1. The fourth-order valence-electron chi connectivity index (χ4n) is 3.15. The second-order valence-corrected chi connectivity index (χ2v) is 7.95. The molecule has 1 N–H and O–H groups in total. The summed E-state index contributed by atoms with van der Waals surface area (Å²) in [5.41, 5.74) is 1.48. The zero-order valence-electron chi connectivity index (χ0n) is 15.7. The molecule has 1 unspecified atom stereocenters. The number of carbonyl (C=O) groups excluding carboxylic acids is 1. The maximum Gasteiger partial charge on any atom is 0.253 e. The molecule has 8 heteroatoms. The van der Waals surface area contributed by atoms with Gasteiger partial charge in [0.15, 0.2) is 0 Å².